The van der Waals surface area contributed by atoms with Gasteiger partial charge >= 0.3 is 16.5 Å². The number of benzene rings is 4. The van der Waals surface area contributed by atoms with E-state index >= 15 is 0 Å². The standard InChI is InChI=1S/C35H33ClFN3O3.Ni/c1-35(34(42)43,22-25-14-6-9-18-29(25)37)39-32(24-12-3-2-4-13-24)27-16-7-10-19-30(27)38-33(41)31-20-11-21-40(31)23-26-15-5-8-17-28(26)36;/h2-10,12-19,31H,11,20-23H2,1H3,(H,38,41)(H,42,43);/q;+2/p-2/t31-,35-;/m0./s1. The SMILES string of the molecule is C[C@@](Cc1ccccc1F)(N=C(c1ccccc1)c1ccccc1N=C([O-])[C@@H]1CCCN1Cc1ccccc1Cl)C(=O)[O-].[Ni+2]. The number of rotatable bonds is 10. The van der Waals surface area contributed by atoms with Gasteiger partial charge in [0.1, 0.15) is 11.4 Å². The minimum absolute atomic E-state index is 0. The molecule has 1 aliphatic rings. The van der Waals surface area contributed by atoms with Crippen LogP contribution in [0.5, 0.6) is 0 Å². The van der Waals surface area contributed by atoms with Crippen LogP contribution < -0.4 is 10.2 Å². The van der Waals surface area contributed by atoms with Crippen LogP contribution in [0.4, 0.5) is 10.1 Å². The van der Waals surface area contributed by atoms with Gasteiger partial charge in [-0.05, 0) is 61.5 Å². The van der Waals surface area contributed by atoms with Gasteiger partial charge in [0, 0.05) is 35.2 Å². The van der Waals surface area contributed by atoms with Crippen molar-refractivity contribution in [2.75, 3.05) is 6.54 Å². The second-order valence-corrected chi connectivity index (χ2v) is 11.3. The molecule has 0 radical (unpaired) electrons. The quantitative estimate of drug-likeness (QED) is 0.135. The van der Waals surface area contributed by atoms with Crippen molar-refractivity contribution < 1.29 is 35.9 Å². The molecule has 0 saturated carbocycles. The minimum Gasteiger partial charge on any atom is -0.861 e. The molecule has 1 saturated heterocycles. The van der Waals surface area contributed by atoms with Crippen LogP contribution in [-0.4, -0.2) is 40.6 Å². The van der Waals surface area contributed by atoms with Crippen LogP contribution in [0.1, 0.15) is 42.0 Å². The van der Waals surface area contributed by atoms with E-state index in [0.29, 0.717) is 40.5 Å². The zero-order valence-corrected chi connectivity index (χ0v) is 25.8. The van der Waals surface area contributed by atoms with Gasteiger partial charge < -0.3 is 15.0 Å². The maximum absolute atomic E-state index is 14.6. The van der Waals surface area contributed by atoms with E-state index in [1.807, 2.05) is 42.5 Å². The first-order chi connectivity index (χ1) is 20.7. The predicted octanol–water partition coefficient (Wildman–Crippen LogP) is 5.12. The monoisotopic (exact) mass is 653 g/mol. The molecule has 1 heterocycles. The van der Waals surface area contributed by atoms with Crippen LogP contribution in [0, 0.1) is 5.82 Å². The average molecular weight is 655 g/mol. The van der Waals surface area contributed by atoms with E-state index in [9.17, 15) is 19.4 Å². The van der Waals surface area contributed by atoms with E-state index < -0.39 is 23.4 Å². The Labute approximate surface area is 271 Å². The molecule has 228 valence electrons. The third-order valence-corrected chi connectivity index (χ3v) is 8.08. The van der Waals surface area contributed by atoms with Gasteiger partial charge in [0.05, 0.1) is 17.4 Å². The average Bonchev–Trinajstić information content (AvgIpc) is 3.47. The van der Waals surface area contributed by atoms with Crippen LogP contribution in [0.25, 0.3) is 0 Å². The van der Waals surface area contributed by atoms with Crippen LogP contribution in [0.15, 0.2) is 113 Å². The number of likely N-dealkylation sites (tertiary alicyclic amines) is 1. The molecule has 4 aromatic rings. The molecule has 4 aromatic carbocycles. The number of carbonyl (C=O) groups excluding carboxylic acids is 1. The van der Waals surface area contributed by atoms with Gasteiger partial charge in [0.15, 0.2) is 0 Å². The van der Waals surface area contributed by atoms with E-state index in [-0.39, 0.29) is 34.4 Å². The third-order valence-electron chi connectivity index (χ3n) is 7.71. The number of aliphatic carboxylic acids is 1. The Hall–Kier alpha value is -3.84. The van der Waals surface area contributed by atoms with Crippen molar-refractivity contribution in [3.05, 3.63) is 136 Å². The van der Waals surface area contributed by atoms with Gasteiger partial charge in [-0.15, -0.1) is 0 Å². The number of aliphatic imine (C=N–C) groups is 2. The van der Waals surface area contributed by atoms with E-state index in [4.69, 9.17) is 16.6 Å². The summed E-state index contributed by atoms with van der Waals surface area (Å²) in [5, 5.41) is 26.9. The molecular formula is C35H31ClFN3NiO3. The molecule has 0 aromatic heterocycles. The summed E-state index contributed by atoms with van der Waals surface area (Å²) in [6.07, 6.45) is 1.30. The van der Waals surface area contributed by atoms with Gasteiger partial charge in [0.2, 0.25) is 0 Å². The second kappa shape index (κ2) is 14.8. The molecular weight excluding hydrogens is 624 g/mol. The molecule has 1 aliphatic heterocycles. The molecule has 2 atom stereocenters. The Morgan fingerprint density at radius 2 is 1.57 bits per heavy atom. The molecule has 0 spiro atoms. The molecule has 9 heteroatoms. The summed E-state index contributed by atoms with van der Waals surface area (Å²) in [7, 11) is 0. The number of hydrogen-bond donors (Lipinski definition) is 0. The molecule has 0 unspecified atom stereocenters. The summed E-state index contributed by atoms with van der Waals surface area (Å²) in [6.45, 7) is 2.69. The van der Waals surface area contributed by atoms with Crippen LogP contribution >= 0.6 is 11.6 Å². The van der Waals surface area contributed by atoms with E-state index in [1.54, 1.807) is 48.5 Å². The number of hydrogen-bond acceptors (Lipinski definition) is 6. The zero-order valence-electron chi connectivity index (χ0n) is 24.1. The predicted molar refractivity (Wildman–Crippen MR) is 164 cm³/mol. The summed E-state index contributed by atoms with van der Waals surface area (Å²) in [4.78, 5) is 23.9. The largest absolute Gasteiger partial charge is 2.00 e. The molecule has 1 fully saturated rings. The second-order valence-electron chi connectivity index (χ2n) is 10.8. The Morgan fingerprint density at radius 3 is 2.27 bits per heavy atom. The molecule has 6 nitrogen and oxygen atoms in total. The van der Waals surface area contributed by atoms with Gasteiger partial charge in [-0.3, -0.25) is 14.9 Å². The fourth-order valence-electron chi connectivity index (χ4n) is 5.40. The molecule has 0 N–H and O–H groups in total. The number of carboxylic acid groups (broad SMARTS) is 1. The number of carbonyl (C=O) groups is 1. The number of para-hydroxylation sites is 1. The fraction of sp³-hybridized carbons (Fsp3) is 0.229. The van der Waals surface area contributed by atoms with Gasteiger partial charge in [-0.25, -0.2) is 4.39 Å². The van der Waals surface area contributed by atoms with Gasteiger partial charge in [-0.2, -0.15) is 0 Å². The van der Waals surface area contributed by atoms with Crippen molar-refractivity contribution in [2.45, 2.75) is 44.3 Å². The van der Waals surface area contributed by atoms with Crippen LogP contribution in [-0.2, 0) is 34.3 Å². The Bertz CT molecular complexity index is 1670. The maximum Gasteiger partial charge on any atom is 2.00 e. The first kappa shape index (κ1) is 33.1. The molecule has 0 bridgehead atoms. The number of halogens is 2. The summed E-state index contributed by atoms with van der Waals surface area (Å²) >= 11 is 6.39. The van der Waals surface area contributed by atoms with Gasteiger partial charge in [0.25, 0.3) is 0 Å². The van der Waals surface area contributed by atoms with Crippen molar-refractivity contribution in [1.29, 1.82) is 0 Å². The molecule has 0 amide bonds. The van der Waals surface area contributed by atoms with Crippen LogP contribution in [0.3, 0.4) is 0 Å². The van der Waals surface area contributed by atoms with E-state index in [1.165, 1.54) is 19.1 Å². The van der Waals surface area contributed by atoms with Crippen molar-refractivity contribution in [3.8, 4) is 0 Å². The van der Waals surface area contributed by atoms with Crippen LogP contribution in [0.2, 0.25) is 5.02 Å². The first-order valence-electron chi connectivity index (χ1n) is 14.2. The van der Waals surface area contributed by atoms with E-state index in [2.05, 4.69) is 9.89 Å². The van der Waals surface area contributed by atoms with Crippen molar-refractivity contribution in [2.24, 2.45) is 9.98 Å². The maximum atomic E-state index is 14.6. The van der Waals surface area contributed by atoms with Gasteiger partial charge in [-0.1, -0.05) is 96.5 Å². The summed E-state index contributed by atoms with van der Waals surface area (Å²) < 4.78 is 14.6. The fourth-order valence-corrected chi connectivity index (χ4v) is 5.59. The number of carboxylic acids is 1. The summed E-state index contributed by atoms with van der Waals surface area (Å²) in [6, 6.07) is 29.3. The Balaban J connectivity index is 0.00000442. The molecule has 44 heavy (non-hydrogen) atoms. The van der Waals surface area contributed by atoms with Crippen molar-refractivity contribution in [3.63, 3.8) is 0 Å². The molecule has 5 rings (SSSR count). The number of nitrogens with zero attached hydrogens (tertiary/aromatic N) is 3. The van der Waals surface area contributed by atoms with E-state index in [0.717, 1.165) is 18.5 Å². The smallest absolute Gasteiger partial charge is 0.861 e. The third kappa shape index (κ3) is 7.62. The minimum atomic E-state index is -1.82. The normalized spacial score (nSPS) is 17.1. The zero-order chi connectivity index (χ0) is 30.4. The van der Waals surface area contributed by atoms with Crippen molar-refractivity contribution in [1.82, 2.24) is 4.90 Å². The summed E-state index contributed by atoms with van der Waals surface area (Å²) in [5.74, 6) is -2.26. The Kier molecular flexibility index (Phi) is 11.1. The topological polar surface area (TPSA) is 91.2 Å². The first-order valence-corrected chi connectivity index (χ1v) is 14.6. The molecule has 0 aliphatic carbocycles. The summed E-state index contributed by atoms with van der Waals surface area (Å²) in [5.41, 5.74) is 1.12. The Morgan fingerprint density at radius 1 is 0.932 bits per heavy atom. The van der Waals surface area contributed by atoms with Crippen molar-refractivity contribution >= 4 is 34.9 Å².